The van der Waals surface area contributed by atoms with Crippen molar-refractivity contribution < 1.29 is 8.78 Å². The number of fused-ring (bicyclic) bond motifs is 3. The molecule has 0 spiro atoms. The van der Waals surface area contributed by atoms with E-state index >= 15 is 0 Å². The van der Waals surface area contributed by atoms with E-state index in [1.807, 2.05) is 24.3 Å². The van der Waals surface area contributed by atoms with Gasteiger partial charge in [0.05, 0.1) is 0 Å². The Morgan fingerprint density at radius 1 is 0.471 bits per heavy atom. The summed E-state index contributed by atoms with van der Waals surface area (Å²) in [5.74, 6) is -2.86. The molecule has 2 heteroatoms. The minimum atomic E-state index is -2.86. The van der Waals surface area contributed by atoms with Crippen LogP contribution in [-0.2, 0) is 5.92 Å². The molecule has 6 rings (SSSR count). The Hall–Kier alpha value is -4.04. The van der Waals surface area contributed by atoms with E-state index in [2.05, 4.69) is 78.9 Å². The molecule has 6 aromatic rings. The summed E-state index contributed by atoms with van der Waals surface area (Å²) >= 11 is 0. The molecule has 0 nitrogen and oxygen atoms in total. The smallest absolute Gasteiger partial charge is 0.202 e. The third-order valence-electron chi connectivity index (χ3n) is 6.65. The molecule has 34 heavy (non-hydrogen) atoms. The summed E-state index contributed by atoms with van der Waals surface area (Å²) in [6.45, 7) is 0.936. The van der Waals surface area contributed by atoms with Gasteiger partial charge in [0.25, 0.3) is 5.92 Å². The summed E-state index contributed by atoms with van der Waals surface area (Å²) in [6, 6.07) is 38.5. The minimum Gasteiger partial charge on any atom is -0.202 e. The Morgan fingerprint density at radius 3 is 1.44 bits per heavy atom. The average molecular weight is 445 g/mol. The molecule has 0 atom stereocenters. The van der Waals surface area contributed by atoms with Crippen LogP contribution >= 0.6 is 0 Å². The SMILES string of the molecule is CC(F)(F)c1ccc(-c2c3ccccc3c(-c3ccc4ccccc4c3)c3ccccc23)cc1. The van der Waals surface area contributed by atoms with Crippen LogP contribution in [0.5, 0.6) is 0 Å². The van der Waals surface area contributed by atoms with Crippen molar-refractivity contribution in [1.29, 1.82) is 0 Å². The topological polar surface area (TPSA) is 0 Å². The quantitative estimate of drug-likeness (QED) is 0.238. The Morgan fingerprint density at radius 2 is 0.912 bits per heavy atom. The number of hydrogen-bond donors (Lipinski definition) is 0. The van der Waals surface area contributed by atoms with E-state index in [0.717, 1.165) is 39.6 Å². The van der Waals surface area contributed by atoms with Crippen LogP contribution in [0.1, 0.15) is 12.5 Å². The molecule has 164 valence electrons. The van der Waals surface area contributed by atoms with Crippen molar-refractivity contribution >= 4 is 32.3 Å². The van der Waals surface area contributed by atoms with E-state index in [1.54, 1.807) is 0 Å². The molecular weight excluding hydrogens is 422 g/mol. The van der Waals surface area contributed by atoms with Crippen molar-refractivity contribution in [2.75, 3.05) is 0 Å². The van der Waals surface area contributed by atoms with Crippen LogP contribution in [-0.4, -0.2) is 0 Å². The molecule has 0 fully saturated rings. The van der Waals surface area contributed by atoms with E-state index < -0.39 is 5.92 Å². The standard InChI is InChI=1S/C32H22F2/c1-32(33,34)25-18-16-22(17-19-25)30-26-10-4-6-12-28(26)31(29-13-7-5-11-27(29)30)24-15-14-21-8-2-3-9-23(21)20-24/h2-20H,1H3. The van der Waals surface area contributed by atoms with Crippen molar-refractivity contribution in [3.63, 3.8) is 0 Å². The van der Waals surface area contributed by atoms with Crippen molar-refractivity contribution in [2.24, 2.45) is 0 Å². The molecule has 6 aromatic carbocycles. The molecule has 0 saturated heterocycles. The zero-order valence-corrected chi connectivity index (χ0v) is 18.7. The molecule has 0 heterocycles. The first-order valence-corrected chi connectivity index (χ1v) is 11.4. The van der Waals surface area contributed by atoms with Gasteiger partial charge in [0.2, 0.25) is 0 Å². The fourth-order valence-corrected chi connectivity index (χ4v) is 5.02. The lowest BCUT2D eigenvalue weighted by molar-refractivity contribution is 0.0175. The van der Waals surface area contributed by atoms with Gasteiger partial charge in [-0.3, -0.25) is 0 Å². The highest BCUT2D eigenvalue weighted by Crippen LogP contribution is 2.44. The van der Waals surface area contributed by atoms with Crippen molar-refractivity contribution in [3.8, 4) is 22.3 Å². The second-order valence-electron chi connectivity index (χ2n) is 8.87. The van der Waals surface area contributed by atoms with Crippen LogP contribution in [0.25, 0.3) is 54.6 Å². The highest BCUT2D eigenvalue weighted by molar-refractivity contribution is 6.21. The number of benzene rings is 6. The van der Waals surface area contributed by atoms with Crippen LogP contribution in [0.2, 0.25) is 0 Å². The first kappa shape index (κ1) is 20.6. The van der Waals surface area contributed by atoms with Crippen LogP contribution in [0.4, 0.5) is 8.78 Å². The third kappa shape index (κ3) is 3.34. The Balaban J connectivity index is 1.69. The molecule has 0 N–H and O–H groups in total. The highest BCUT2D eigenvalue weighted by atomic mass is 19.3. The molecule has 0 bridgehead atoms. The molecule has 0 amide bonds. The maximum absolute atomic E-state index is 13.8. The molecule has 0 aliphatic rings. The molecule has 0 unspecified atom stereocenters. The van der Waals surface area contributed by atoms with Gasteiger partial charge in [0, 0.05) is 12.5 Å². The number of hydrogen-bond acceptors (Lipinski definition) is 0. The predicted octanol–water partition coefficient (Wildman–Crippen LogP) is 9.59. The molecule has 0 saturated carbocycles. The van der Waals surface area contributed by atoms with Crippen molar-refractivity contribution in [3.05, 3.63) is 121 Å². The van der Waals surface area contributed by atoms with Gasteiger partial charge in [-0.25, -0.2) is 8.78 Å². The van der Waals surface area contributed by atoms with Gasteiger partial charge in [0.15, 0.2) is 0 Å². The van der Waals surface area contributed by atoms with Crippen LogP contribution in [0.15, 0.2) is 115 Å². The largest absolute Gasteiger partial charge is 0.270 e. The zero-order chi connectivity index (χ0) is 23.3. The monoisotopic (exact) mass is 444 g/mol. The lowest BCUT2D eigenvalue weighted by Crippen LogP contribution is -2.06. The molecule has 0 aromatic heterocycles. The van der Waals surface area contributed by atoms with Crippen LogP contribution in [0.3, 0.4) is 0 Å². The second-order valence-corrected chi connectivity index (χ2v) is 8.87. The number of halogens is 2. The lowest BCUT2D eigenvalue weighted by atomic mass is 9.85. The first-order valence-electron chi connectivity index (χ1n) is 11.4. The summed E-state index contributed by atoms with van der Waals surface area (Å²) in [7, 11) is 0. The second kappa shape index (κ2) is 7.78. The molecule has 0 radical (unpaired) electrons. The summed E-state index contributed by atoms with van der Waals surface area (Å²) < 4.78 is 27.7. The van der Waals surface area contributed by atoms with E-state index in [9.17, 15) is 8.78 Å². The number of alkyl halides is 2. The maximum atomic E-state index is 13.8. The van der Waals surface area contributed by atoms with Crippen LogP contribution in [0, 0.1) is 0 Å². The van der Waals surface area contributed by atoms with Gasteiger partial charge in [-0.1, -0.05) is 109 Å². The lowest BCUT2D eigenvalue weighted by Gasteiger charge is -2.18. The third-order valence-corrected chi connectivity index (χ3v) is 6.65. The molecule has 0 aliphatic heterocycles. The summed E-state index contributed by atoms with van der Waals surface area (Å²) in [5.41, 5.74) is 4.39. The Bertz CT molecular complexity index is 1620. The molecular formula is C32H22F2. The molecule has 0 aliphatic carbocycles. The van der Waals surface area contributed by atoms with Crippen molar-refractivity contribution in [2.45, 2.75) is 12.8 Å². The van der Waals surface area contributed by atoms with E-state index in [-0.39, 0.29) is 5.56 Å². The number of rotatable bonds is 3. The van der Waals surface area contributed by atoms with E-state index in [0.29, 0.717) is 0 Å². The highest BCUT2D eigenvalue weighted by Gasteiger charge is 2.24. The van der Waals surface area contributed by atoms with Gasteiger partial charge in [-0.05, 0) is 60.6 Å². The fraction of sp³-hybridized carbons (Fsp3) is 0.0625. The maximum Gasteiger partial charge on any atom is 0.270 e. The van der Waals surface area contributed by atoms with Gasteiger partial charge < -0.3 is 0 Å². The Labute approximate surface area is 197 Å². The van der Waals surface area contributed by atoms with E-state index in [4.69, 9.17) is 0 Å². The summed E-state index contributed by atoms with van der Waals surface area (Å²) in [4.78, 5) is 0. The van der Waals surface area contributed by atoms with Gasteiger partial charge in [0.1, 0.15) is 0 Å². The minimum absolute atomic E-state index is 0.0256. The van der Waals surface area contributed by atoms with Gasteiger partial charge >= 0.3 is 0 Å². The van der Waals surface area contributed by atoms with Crippen molar-refractivity contribution in [1.82, 2.24) is 0 Å². The Kier molecular flexibility index (Phi) is 4.70. The summed E-state index contributed by atoms with van der Waals surface area (Å²) in [5, 5.41) is 6.94. The fourth-order valence-electron chi connectivity index (χ4n) is 5.02. The zero-order valence-electron chi connectivity index (χ0n) is 18.7. The summed E-state index contributed by atoms with van der Waals surface area (Å²) in [6.07, 6.45) is 0. The van der Waals surface area contributed by atoms with Gasteiger partial charge in [-0.15, -0.1) is 0 Å². The van der Waals surface area contributed by atoms with E-state index in [1.165, 1.54) is 34.0 Å². The van der Waals surface area contributed by atoms with Gasteiger partial charge in [-0.2, -0.15) is 0 Å². The predicted molar refractivity (Wildman–Crippen MR) is 139 cm³/mol. The van der Waals surface area contributed by atoms with Crippen LogP contribution < -0.4 is 0 Å². The average Bonchev–Trinajstić information content (AvgIpc) is 2.86. The normalized spacial score (nSPS) is 12.0. The first-order chi connectivity index (χ1) is 16.5.